The monoisotopic (exact) mass is 282 g/mol. The summed E-state index contributed by atoms with van der Waals surface area (Å²) >= 11 is 5.96. The number of rotatable bonds is 7. The van der Waals surface area contributed by atoms with Gasteiger partial charge in [0.25, 0.3) is 0 Å². The Bertz CT molecular complexity index is 527. The van der Waals surface area contributed by atoms with Crippen molar-refractivity contribution in [2.75, 3.05) is 13.2 Å². The molecule has 0 bridgehead atoms. The third-order valence-electron chi connectivity index (χ3n) is 2.94. The standard InChI is InChI=1S/C14H19ClN2O2/c1-2-6-18-7-5-12(17-16)14-9-10-8-11(15)3-4-13(10)19-14/h3-4,8-9,12,17H,2,5-7,16H2,1H3. The highest BCUT2D eigenvalue weighted by atomic mass is 35.5. The van der Waals surface area contributed by atoms with E-state index in [1.807, 2.05) is 24.3 Å². The minimum absolute atomic E-state index is 0.0527. The van der Waals surface area contributed by atoms with Gasteiger partial charge in [0, 0.05) is 23.6 Å². The molecule has 4 nitrogen and oxygen atoms in total. The zero-order valence-corrected chi connectivity index (χ0v) is 11.7. The SMILES string of the molecule is CCCOCCC(NN)c1cc2cc(Cl)ccc2o1. The summed E-state index contributed by atoms with van der Waals surface area (Å²) in [5.74, 6) is 6.39. The summed E-state index contributed by atoms with van der Waals surface area (Å²) in [4.78, 5) is 0. The minimum atomic E-state index is -0.0527. The molecule has 1 aromatic heterocycles. The fourth-order valence-electron chi connectivity index (χ4n) is 1.96. The summed E-state index contributed by atoms with van der Waals surface area (Å²) in [6.07, 6.45) is 1.79. The molecule has 0 aliphatic rings. The largest absolute Gasteiger partial charge is 0.459 e. The van der Waals surface area contributed by atoms with E-state index in [0.29, 0.717) is 11.6 Å². The zero-order chi connectivity index (χ0) is 13.7. The lowest BCUT2D eigenvalue weighted by Crippen LogP contribution is -2.28. The summed E-state index contributed by atoms with van der Waals surface area (Å²) < 4.78 is 11.2. The fourth-order valence-corrected chi connectivity index (χ4v) is 2.14. The van der Waals surface area contributed by atoms with Gasteiger partial charge in [0.05, 0.1) is 6.04 Å². The average Bonchev–Trinajstić information content (AvgIpc) is 2.81. The number of nitrogens with one attached hydrogen (secondary N) is 1. The number of hydrazine groups is 1. The van der Waals surface area contributed by atoms with E-state index in [-0.39, 0.29) is 6.04 Å². The van der Waals surface area contributed by atoms with E-state index >= 15 is 0 Å². The van der Waals surface area contributed by atoms with Crippen LogP contribution in [0.3, 0.4) is 0 Å². The maximum absolute atomic E-state index is 5.96. The molecule has 19 heavy (non-hydrogen) atoms. The summed E-state index contributed by atoms with van der Waals surface area (Å²) in [5, 5.41) is 1.68. The van der Waals surface area contributed by atoms with Crippen LogP contribution in [0.25, 0.3) is 11.0 Å². The first-order valence-electron chi connectivity index (χ1n) is 6.47. The van der Waals surface area contributed by atoms with Crippen molar-refractivity contribution >= 4 is 22.6 Å². The quantitative estimate of drug-likeness (QED) is 0.464. The van der Waals surface area contributed by atoms with Crippen molar-refractivity contribution in [2.45, 2.75) is 25.8 Å². The lowest BCUT2D eigenvalue weighted by atomic mass is 10.1. The van der Waals surface area contributed by atoms with Gasteiger partial charge in [0.2, 0.25) is 0 Å². The lowest BCUT2D eigenvalue weighted by Gasteiger charge is -2.12. The molecule has 0 radical (unpaired) electrons. The molecule has 2 aromatic rings. The van der Waals surface area contributed by atoms with E-state index in [0.717, 1.165) is 36.2 Å². The Kier molecular flexibility index (Phi) is 5.22. The molecule has 5 heteroatoms. The van der Waals surface area contributed by atoms with Crippen LogP contribution in [0.5, 0.6) is 0 Å². The minimum Gasteiger partial charge on any atom is -0.459 e. The van der Waals surface area contributed by atoms with E-state index in [4.69, 9.17) is 26.6 Å². The third kappa shape index (κ3) is 3.70. The van der Waals surface area contributed by atoms with Crippen molar-refractivity contribution in [3.63, 3.8) is 0 Å². The second-order valence-electron chi connectivity index (χ2n) is 4.45. The molecule has 0 amide bonds. The van der Waals surface area contributed by atoms with Gasteiger partial charge < -0.3 is 9.15 Å². The number of hydrogen-bond donors (Lipinski definition) is 2. The second kappa shape index (κ2) is 6.91. The van der Waals surface area contributed by atoms with Gasteiger partial charge in [-0.05, 0) is 37.1 Å². The molecule has 0 spiro atoms. The van der Waals surface area contributed by atoms with Crippen LogP contribution in [0.1, 0.15) is 31.6 Å². The van der Waals surface area contributed by atoms with Crippen LogP contribution in [0.4, 0.5) is 0 Å². The molecule has 1 unspecified atom stereocenters. The van der Waals surface area contributed by atoms with Crippen LogP contribution in [-0.2, 0) is 4.74 Å². The Morgan fingerprint density at radius 3 is 2.95 bits per heavy atom. The highest BCUT2D eigenvalue weighted by molar-refractivity contribution is 6.31. The fraction of sp³-hybridized carbons (Fsp3) is 0.429. The third-order valence-corrected chi connectivity index (χ3v) is 3.18. The van der Waals surface area contributed by atoms with Crippen molar-refractivity contribution in [3.8, 4) is 0 Å². The molecule has 0 aliphatic carbocycles. The maximum atomic E-state index is 5.96. The zero-order valence-electron chi connectivity index (χ0n) is 11.0. The van der Waals surface area contributed by atoms with E-state index < -0.39 is 0 Å². The molecule has 0 saturated heterocycles. The lowest BCUT2D eigenvalue weighted by molar-refractivity contribution is 0.122. The van der Waals surface area contributed by atoms with Gasteiger partial charge in [-0.2, -0.15) is 0 Å². The van der Waals surface area contributed by atoms with Crippen molar-refractivity contribution in [3.05, 3.63) is 35.0 Å². The molecule has 0 fully saturated rings. The van der Waals surface area contributed by atoms with Gasteiger partial charge >= 0.3 is 0 Å². The molecular formula is C14H19ClN2O2. The highest BCUT2D eigenvalue weighted by Gasteiger charge is 2.15. The van der Waals surface area contributed by atoms with Crippen LogP contribution in [0.15, 0.2) is 28.7 Å². The summed E-state index contributed by atoms with van der Waals surface area (Å²) in [6, 6.07) is 7.47. The molecule has 104 valence electrons. The topological polar surface area (TPSA) is 60.4 Å². The Morgan fingerprint density at radius 2 is 2.21 bits per heavy atom. The number of benzene rings is 1. The number of hydrogen-bond acceptors (Lipinski definition) is 4. The number of ether oxygens (including phenoxy) is 1. The molecule has 0 saturated carbocycles. The highest BCUT2D eigenvalue weighted by Crippen LogP contribution is 2.27. The van der Waals surface area contributed by atoms with Crippen LogP contribution in [0, 0.1) is 0 Å². The Hall–Kier alpha value is -1.07. The number of furan rings is 1. The summed E-state index contributed by atoms with van der Waals surface area (Å²) in [7, 11) is 0. The molecule has 0 aliphatic heterocycles. The number of nitrogens with two attached hydrogens (primary N) is 1. The normalized spacial score (nSPS) is 13.0. The van der Waals surface area contributed by atoms with Gasteiger partial charge in [0.1, 0.15) is 11.3 Å². The van der Waals surface area contributed by atoms with Crippen LogP contribution < -0.4 is 11.3 Å². The van der Waals surface area contributed by atoms with Gasteiger partial charge in [-0.25, -0.2) is 5.43 Å². The van der Waals surface area contributed by atoms with Gasteiger partial charge in [-0.15, -0.1) is 0 Å². The van der Waals surface area contributed by atoms with Gasteiger partial charge in [-0.3, -0.25) is 5.84 Å². The van der Waals surface area contributed by atoms with Crippen molar-refractivity contribution in [2.24, 2.45) is 5.84 Å². The average molecular weight is 283 g/mol. The molecule has 1 heterocycles. The van der Waals surface area contributed by atoms with Gasteiger partial charge in [0.15, 0.2) is 0 Å². The Labute approximate surface area is 117 Å². The van der Waals surface area contributed by atoms with Crippen LogP contribution in [0.2, 0.25) is 5.02 Å². The van der Waals surface area contributed by atoms with E-state index in [9.17, 15) is 0 Å². The molecule has 2 rings (SSSR count). The molecule has 3 N–H and O–H groups in total. The molecule has 1 aromatic carbocycles. The van der Waals surface area contributed by atoms with Crippen molar-refractivity contribution < 1.29 is 9.15 Å². The first-order valence-corrected chi connectivity index (χ1v) is 6.85. The van der Waals surface area contributed by atoms with E-state index in [1.54, 1.807) is 0 Å². The van der Waals surface area contributed by atoms with E-state index in [1.165, 1.54) is 0 Å². The first-order chi connectivity index (χ1) is 9.24. The maximum Gasteiger partial charge on any atom is 0.134 e. The predicted octanol–water partition coefficient (Wildman–Crippen LogP) is 3.41. The van der Waals surface area contributed by atoms with Crippen molar-refractivity contribution in [1.29, 1.82) is 0 Å². The van der Waals surface area contributed by atoms with E-state index in [2.05, 4.69) is 12.3 Å². The summed E-state index contributed by atoms with van der Waals surface area (Å²) in [6.45, 7) is 3.51. The summed E-state index contributed by atoms with van der Waals surface area (Å²) in [5.41, 5.74) is 3.58. The molecule has 1 atom stereocenters. The Balaban J connectivity index is 2.07. The Morgan fingerprint density at radius 1 is 1.37 bits per heavy atom. The second-order valence-corrected chi connectivity index (χ2v) is 4.89. The van der Waals surface area contributed by atoms with Crippen molar-refractivity contribution in [1.82, 2.24) is 5.43 Å². The number of halogens is 1. The predicted molar refractivity (Wildman–Crippen MR) is 77.0 cm³/mol. The smallest absolute Gasteiger partial charge is 0.134 e. The molecular weight excluding hydrogens is 264 g/mol. The van der Waals surface area contributed by atoms with Crippen LogP contribution in [-0.4, -0.2) is 13.2 Å². The number of fused-ring (bicyclic) bond motifs is 1. The first kappa shape index (κ1) is 14.3. The van der Waals surface area contributed by atoms with Gasteiger partial charge in [-0.1, -0.05) is 18.5 Å². The van der Waals surface area contributed by atoms with Crippen LogP contribution >= 0.6 is 11.6 Å².